The third-order valence-electron chi connectivity index (χ3n) is 3.10. The summed E-state index contributed by atoms with van der Waals surface area (Å²) in [4.78, 5) is 25.9. The molecule has 0 spiro atoms. The minimum Gasteiger partial charge on any atom is -0.396 e. The first-order valence-electron chi connectivity index (χ1n) is 6.50. The maximum Gasteiger partial charge on any atom is 0.277 e. The average Bonchev–Trinajstić information content (AvgIpc) is 2.77. The Morgan fingerprint density at radius 1 is 1.60 bits per heavy atom. The number of aryl methyl sites for hydroxylation is 1. The van der Waals surface area contributed by atoms with E-state index in [1.807, 2.05) is 6.92 Å². The van der Waals surface area contributed by atoms with Crippen LogP contribution < -0.4 is 11.1 Å². The van der Waals surface area contributed by atoms with Gasteiger partial charge in [-0.1, -0.05) is 0 Å². The summed E-state index contributed by atoms with van der Waals surface area (Å²) in [5.41, 5.74) is 6.24. The van der Waals surface area contributed by atoms with E-state index < -0.39 is 6.04 Å². The van der Waals surface area contributed by atoms with Gasteiger partial charge in [0, 0.05) is 26.3 Å². The molecule has 1 aliphatic heterocycles. The van der Waals surface area contributed by atoms with Gasteiger partial charge in [-0.15, -0.1) is 0 Å². The van der Waals surface area contributed by atoms with Crippen molar-refractivity contribution in [3.05, 3.63) is 11.9 Å². The number of nitrogen functional groups attached to an aromatic ring is 1. The van der Waals surface area contributed by atoms with Gasteiger partial charge in [0.05, 0.1) is 18.9 Å². The van der Waals surface area contributed by atoms with Gasteiger partial charge in [-0.05, 0) is 6.92 Å². The lowest BCUT2D eigenvalue weighted by molar-refractivity contribution is -0.130. The third-order valence-corrected chi connectivity index (χ3v) is 3.10. The molecule has 0 bridgehead atoms. The number of aromatic nitrogens is 2. The van der Waals surface area contributed by atoms with Crippen LogP contribution in [0.15, 0.2) is 6.20 Å². The lowest BCUT2D eigenvalue weighted by Gasteiger charge is -2.34. The quantitative estimate of drug-likeness (QED) is 0.738. The van der Waals surface area contributed by atoms with E-state index in [0.717, 1.165) is 0 Å². The Bertz CT molecular complexity index is 513. The van der Waals surface area contributed by atoms with E-state index in [9.17, 15) is 9.59 Å². The van der Waals surface area contributed by atoms with E-state index in [4.69, 9.17) is 10.5 Å². The monoisotopic (exact) mass is 281 g/mol. The summed E-state index contributed by atoms with van der Waals surface area (Å²) in [7, 11) is 1.69. The highest BCUT2D eigenvalue weighted by Gasteiger charge is 2.34. The zero-order valence-corrected chi connectivity index (χ0v) is 11.6. The van der Waals surface area contributed by atoms with Crippen LogP contribution in [0.3, 0.4) is 0 Å². The van der Waals surface area contributed by atoms with Gasteiger partial charge >= 0.3 is 0 Å². The van der Waals surface area contributed by atoms with E-state index in [-0.39, 0.29) is 24.1 Å². The number of nitrogens with two attached hydrogens (primary N) is 1. The molecule has 1 aromatic rings. The summed E-state index contributed by atoms with van der Waals surface area (Å²) in [6.45, 7) is 3.25. The summed E-state index contributed by atoms with van der Waals surface area (Å²) in [6.07, 6.45) is 1.56. The van der Waals surface area contributed by atoms with Gasteiger partial charge in [-0.3, -0.25) is 14.3 Å². The molecule has 1 aliphatic rings. The lowest BCUT2D eigenvalue weighted by atomic mass is 10.2. The van der Waals surface area contributed by atoms with Crippen molar-refractivity contribution in [1.29, 1.82) is 0 Å². The molecule has 0 radical (unpaired) electrons. The molecule has 110 valence electrons. The first-order chi connectivity index (χ1) is 9.54. The number of nitrogens with one attached hydrogen (secondary N) is 1. The van der Waals surface area contributed by atoms with Gasteiger partial charge in [0.15, 0.2) is 5.69 Å². The van der Waals surface area contributed by atoms with Crippen molar-refractivity contribution in [3.8, 4) is 0 Å². The summed E-state index contributed by atoms with van der Waals surface area (Å²) < 4.78 is 6.77. The Morgan fingerprint density at radius 3 is 2.95 bits per heavy atom. The van der Waals surface area contributed by atoms with Gasteiger partial charge in [-0.2, -0.15) is 5.10 Å². The smallest absolute Gasteiger partial charge is 0.277 e. The van der Waals surface area contributed by atoms with Crippen LogP contribution in [0, 0.1) is 0 Å². The molecule has 0 aliphatic carbocycles. The normalized spacial score (nSPS) is 18.9. The molecular weight excluding hydrogens is 262 g/mol. The maximum atomic E-state index is 12.5. The van der Waals surface area contributed by atoms with Gasteiger partial charge in [0.1, 0.15) is 6.04 Å². The highest BCUT2D eigenvalue weighted by atomic mass is 16.5. The summed E-state index contributed by atoms with van der Waals surface area (Å²) >= 11 is 0. The Balaban J connectivity index is 2.21. The summed E-state index contributed by atoms with van der Waals surface area (Å²) in [5, 5.41) is 6.75. The molecule has 0 aromatic carbocycles. The fraction of sp³-hybridized carbons (Fsp3) is 0.583. The van der Waals surface area contributed by atoms with Gasteiger partial charge in [0.2, 0.25) is 5.91 Å². The fourth-order valence-electron chi connectivity index (χ4n) is 2.17. The number of anilines is 1. The number of amides is 2. The second-order valence-corrected chi connectivity index (χ2v) is 4.59. The molecule has 1 saturated heterocycles. The molecule has 0 saturated carbocycles. The SMILES string of the molecule is CCNC(=O)C1COCCN1C(=O)c1nn(C)cc1N. The van der Waals surface area contributed by atoms with Crippen LogP contribution in [0.25, 0.3) is 0 Å². The van der Waals surface area contributed by atoms with Crippen LogP contribution in [0.2, 0.25) is 0 Å². The number of rotatable bonds is 3. The molecule has 8 heteroatoms. The highest BCUT2D eigenvalue weighted by Crippen LogP contribution is 2.16. The molecule has 2 heterocycles. The topological polar surface area (TPSA) is 102 Å². The zero-order chi connectivity index (χ0) is 14.7. The van der Waals surface area contributed by atoms with Crippen LogP contribution >= 0.6 is 0 Å². The standard InChI is InChI=1S/C12H19N5O3/c1-3-14-11(18)9-7-20-5-4-17(9)12(19)10-8(13)6-16(2)15-10/h6,9H,3-5,7,13H2,1-2H3,(H,14,18). The highest BCUT2D eigenvalue weighted by molar-refractivity contribution is 5.99. The van der Waals surface area contributed by atoms with Crippen molar-refractivity contribution in [2.75, 3.05) is 32.0 Å². The number of hydrogen-bond donors (Lipinski definition) is 2. The van der Waals surface area contributed by atoms with E-state index in [0.29, 0.717) is 25.4 Å². The fourth-order valence-corrected chi connectivity index (χ4v) is 2.17. The molecule has 8 nitrogen and oxygen atoms in total. The second kappa shape index (κ2) is 5.91. The third kappa shape index (κ3) is 2.74. The average molecular weight is 281 g/mol. The molecule has 3 N–H and O–H groups in total. The minimum absolute atomic E-state index is 0.170. The van der Waals surface area contributed by atoms with Crippen molar-refractivity contribution >= 4 is 17.5 Å². The predicted octanol–water partition coefficient (Wildman–Crippen LogP) is -1.02. The molecule has 1 unspecified atom stereocenters. The number of nitrogens with zero attached hydrogens (tertiary/aromatic N) is 3. The summed E-state index contributed by atoms with van der Waals surface area (Å²) in [5.74, 6) is -0.572. The van der Waals surface area contributed by atoms with Crippen molar-refractivity contribution < 1.29 is 14.3 Å². The van der Waals surface area contributed by atoms with Crippen molar-refractivity contribution in [1.82, 2.24) is 20.0 Å². The summed E-state index contributed by atoms with van der Waals surface area (Å²) in [6, 6.07) is -0.641. The number of hydrogen-bond acceptors (Lipinski definition) is 5. The minimum atomic E-state index is -0.641. The zero-order valence-electron chi connectivity index (χ0n) is 11.6. The van der Waals surface area contributed by atoms with Crippen LogP contribution in [-0.2, 0) is 16.6 Å². The number of carbonyl (C=O) groups is 2. The van der Waals surface area contributed by atoms with Gasteiger partial charge in [0.25, 0.3) is 5.91 Å². The van der Waals surface area contributed by atoms with Gasteiger partial charge < -0.3 is 20.7 Å². The molecular formula is C12H19N5O3. The number of likely N-dealkylation sites (N-methyl/N-ethyl adjacent to an activating group) is 1. The predicted molar refractivity (Wildman–Crippen MR) is 71.9 cm³/mol. The number of morpholine rings is 1. The molecule has 2 amide bonds. The first kappa shape index (κ1) is 14.3. The van der Waals surface area contributed by atoms with E-state index in [2.05, 4.69) is 10.4 Å². The Morgan fingerprint density at radius 2 is 2.35 bits per heavy atom. The number of carbonyl (C=O) groups excluding carboxylic acids is 2. The van der Waals surface area contributed by atoms with E-state index in [1.54, 1.807) is 13.2 Å². The molecule has 1 fully saturated rings. The number of ether oxygens (including phenoxy) is 1. The van der Waals surface area contributed by atoms with Crippen LogP contribution in [-0.4, -0.2) is 58.8 Å². The van der Waals surface area contributed by atoms with Crippen LogP contribution in [0.5, 0.6) is 0 Å². The molecule has 1 atom stereocenters. The maximum absolute atomic E-state index is 12.5. The van der Waals surface area contributed by atoms with Crippen molar-refractivity contribution in [2.24, 2.45) is 7.05 Å². The van der Waals surface area contributed by atoms with Crippen molar-refractivity contribution in [2.45, 2.75) is 13.0 Å². The van der Waals surface area contributed by atoms with Crippen LogP contribution in [0.1, 0.15) is 17.4 Å². The van der Waals surface area contributed by atoms with Crippen molar-refractivity contribution in [3.63, 3.8) is 0 Å². The van der Waals surface area contributed by atoms with Gasteiger partial charge in [-0.25, -0.2) is 0 Å². The largest absolute Gasteiger partial charge is 0.396 e. The van der Waals surface area contributed by atoms with E-state index in [1.165, 1.54) is 9.58 Å². The molecule has 20 heavy (non-hydrogen) atoms. The first-order valence-corrected chi connectivity index (χ1v) is 6.50. The molecule has 2 rings (SSSR count). The van der Waals surface area contributed by atoms with Crippen LogP contribution in [0.4, 0.5) is 5.69 Å². The molecule has 1 aromatic heterocycles. The second-order valence-electron chi connectivity index (χ2n) is 4.59. The Kier molecular flexibility index (Phi) is 4.23. The Hall–Kier alpha value is -2.09. The lowest BCUT2D eigenvalue weighted by Crippen LogP contribution is -2.56. The Labute approximate surface area is 116 Å². The van der Waals surface area contributed by atoms with E-state index >= 15 is 0 Å².